The molecule has 0 bridgehead atoms. The van der Waals surface area contributed by atoms with Crippen LogP contribution in [0.5, 0.6) is 0 Å². The van der Waals surface area contributed by atoms with Gasteiger partial charge in [0.2, 0.25) is 10.0 Å². The highest BCUT2D eigenvalue weighted by atomic mass is 32.2. The van der Waals surface area contributed by atoms with Crippen LogP contribution in [0.4, 0.5) is 5.69 Å². The van der Waals surface area contributed by atoms with Crippen molar-refractivity contribution in [2.45, 2.75) is 37.5 Å². The average molecular weight is 269 g/mol. The van der Waals surface area contributed by atoms with Crippen molar-refractivity contribution in [1.29, 1.82) is 0 Å². The molecule has 1 fully saturated rings. The number of nitrogens with two attached hydrogens (primary N) is 1. The van der Waals surface area contributed by atoms with Gasteiger partial charge in [0.1, 0.15) is 4.90 Å². The fraction of sp³-hybridized carbons (Fsp3) is 0.583. The molecule has 0 aliphatic heterocycles. The van der Waals surface area contributed by atoms with Crippen molar-refractivity contribution >= 4 is 15.7 Å². The van der Waals surface area contributed by atoms with E-state index in [0.717, 1.165) is 19.3 Å². The van der Waals surface area contributed by atoms with E-state index < -0.39 is 10.0 Å². The van der Waals surface area contributed by atoms with Crippen LogP contribution >= 0.6 is 0 Å². The van der Waals surface area contributed by atoms with Gasteiger partial charge in [0.25, 0.3) is 0 Å². The van der Waals surface area contributed by atoms with Crippen LogP contribution in [0.25, 0.3) is 0 Å². The van der Waals surface area contributed by atoms with E-state index in [9.17, 15) is 8.42 Å². The third kappa shape index (κ3) is 2.49. The molecule has 5 nitrogen and oxygen atoms in total. The molecule has 0 unspecified atom stereocenters. The van der Waals surface area contributed by atoms with E-state index in [1.165, 1.54) is 24.9 Å². The van der Waals surface area contributed by atoms with Crippen LogP contribution in [-0.2, 0) is 10.0 Å². The second-order valence-electron chi connectivity index (χ2n) is 4.95. The van der Waals surface area contributed by atoms with Crippen molar-refractivity contribution in [2.24, 2.45) is 5.41 Å². The molecule has 3 N–H and O–H groups in total. The fourth-order valence-corrected chi connectivity index (χ4v) is 3.50. The molecule has 1 heterocycles. The van der Waals surface area contributed by atoms with Crippen molar-refractivity contribution in [3.63, 3.8) is 0 Å². The summed E-state index contributed by atoms with van der Waals surface area (Å²) in [6.45, 7) is 2.59. The highest BCUT2D eigenvalue weighted by Gasteiger charge is 2.36. The summed E-state index contributed by atoms with van der Waals surface area (Å²) < 4.78 is 26.9. The van der Waals surface area contributed by atoms with E-state index in [-0.39, 0.29) is 16.0 Å². The molecule has 0 radical (unpaired) electrons. The number of anilines is 1. The number of sulfonamides is 1. The maximum Gasteiger partial charge on any atom is 0.244 e. The predicted molar refractivity (Wildman–Crippen MR) is 70.4 cm³/mol. The molecular formula is C12H19N3O2S. The standard InChI is InChI=1S/C12H19N3O2S/c1-2-12(5-3-6-12)9-15-18(16,17)11-8-14-7-4-10(11)13/h4,7-8,15H,2-3,5-6,9H2,1H3,(H2,13,14). The van der Waals surface area contributed by atoms with Gasteiger partial charge in [-0.15, -0.1) is 0 Å². The van der Waals surface area contributed by atoms with Crippen LogP contribution in [0.3, 0.4) is 0 Å². The largest absolute Gasteiger partial charge is 0.398 e. The smallest absolute Gasteiger partial charge is 0.244 e. The minimum Gasteiger partial charge on any atom is -0.398 e. The Labute approximate surface area is 108 Å². The van der Waals surface area contributed by atoms with E-state index >= 15 is 0 Å². The number of nitrogens with one attached hydrogen (secondary N) is 1. The van der Waals surface area contributed by atoms with Crippen LogP contribution in [0.1, 0.15) is 32.6 Å². The van der Waals surface area contributed by atoms with Crippen LogP contribution in [-0.4, -0.2) is 19.9 Å². The molecule has 6 heteroatoms. The van der Waals surface area contributed by atoms with Gasteiger partial charge in [-0.05, 0) is 30.7 Å². The van der Waals surface area contributed by atoms with Crippen LogP contribution in [0.15, 0.2) is 23.4 Å². The first kappa shape index (κ1) is 13.3. The van der Waals surface area contributed by atoms with E-state index in [1.807, 2.05) is 0 Å². The SMILES string of the molecule is CCC1(CNS(=O)(=O)c2cnccc2N)CCC1. The summed E-state index contributed by atoms with van der Waals surface area (Å²) in [6, 6.07) is 1.49. The Morgan fingerprint density at radius 2 is 2.22 bits per heavy atom. The molecule has 0 aromatic carbocycles. The van der Waals surface area contributed by atoms with Gasteiger partial charge < -0.3 is 5.73 Å². The lowest BCUT2D eigenvalue weighted by Crippen LogP contribution is -2.41. The number of aromatic nitrogens is 1. The average Bonchev–Trinajstić information content (AvgIpc) is 2.28. The molecule has 2 rings (SSSR count). The summed E-state index contributed by atoms with van der Waals surface area (Å²) in [5.74, 6) is 0. The van der Waals surface area contributed by atoms with Gasteiger partial charge in [-0.3, -0.25) is 4.98 Å². The molecule has 1 aromatic rings. The summed E-state index contributed by atoms with van der Waals surface area (Å²) in [6.07, 6.45) is 7.14. The van der Waals surface area contributed by atoms with Crippen molar-refractivity contribution in [1.82, 2.24) is 9.71 Å². The minimum atomic E-state index is -3.55. The minimum absolute atomic E-state index is 0.0653. The highest BCUT2D eigenvalue weighted by molar-refractivity contribution is 7.89. The second-order valence-corrected chi connectivity index (χ2v) is 6.68. The Morgan fingerprint density at radius 1 is 1.50 bits per heavy atom. The van der Waals surface area contributed by atoms with Gasteiger partial charge >= 0.3 is 0 Å². The van der Waals surface area contributed by atoms with Crippen molar-refractivity contribution in [3.8, 4) is 0 Å². The molecule has 1 saturated carbocycles. The zero-order valence-corrected chi connectivity index (χ0v) is 11.3. The Kier molecular flexibility index (Phi) is 3.59. The summed E-state index contributed by atoms with van der Waals surface area (Å²) in [7, 11) is -3.55. The molecule has 1 aliphatic carbocycles. The number of nitrogens with zero attached hydrogens (tertiary/aromatic N) is 1. The van der Waals surface area contributed by atoms with Crippen LogP contribution < -0.4 is 10.5 Å². The Bertz CT molecular complexity index is 518. The summed E-state index contributed by atoms with van der Waals surface area (Å²) in [4.78, 5) is 3.88. The Hall–Kier alpha value is -1.14. The molecule has 0 amide bonds. The van der Waals surface area contributed by atoms with Crippen LogP contribution in [0, 0.1) is 5.41 Å². The van der Waals surface area contributed by atoms with E-state index in [1.54, 1.807) is 0 Å². The predicted octanol–water partition coefficient (Wildman–Crippen LogP) is 1.52. The molecule has 18 heavy (non-hydrogen) atoms. The van der Waals surface area contributed by atoms with Gasteiger partial charge in [-0.1, -0.05) is 13.3 Å². The topological polar surface area (TPSA) is 85.1 Å². The van der Waals surface area contributed by atoms with Gasteiger partial charge in [-0.25, -0.2) is 13.1 Å². The molecule has 0 atom stereocenters. The maximum absolute atomic E-state index is 12.1. The monoisotopic (exact) mass is 269 g/mol. The highest BCUT2D eigenvalue weighted by Crippen LogP contribution is 2.43. The number of pyridine rings is 1. The summed E-state index contributed by atoms with van der Waals surface area (Å²) in [5.41, 5.74) is 6.04. The van der Waals surface area contributed by atoms with Crippen molar-refractivity contribution < 1.29 is 8.42 Å². The molecular weight excluding hydrogens is 250 g/mol. The Balaban J connectivity index is 2.11. The summed E-state index contributed by atoms with van der Waals surface area (Å²) in [5, 5.41) is 0. The lowest BCUT2D eigenvalue weighted by atomic mass is 9.67. The maximum atomic E-state index is 12.1. The lowest BCUT2D eigenvalue weighted by Gasteiger charge is -2.41. The van der Waals surface area contributed by atoms with E-state index in [4.69, 9.17) is 5.73 Å². The van der Waals surface area contributed by atoms with Gasteiger partial charge in [0, 0.05) is 18.9 Å². The number of nitrogen functional groups attached to an aromatic ring is 1. The number of rotatable bonds is 5. The number of hydrogen-bond acceptors (Lipinski definition) is 4. The zero-order chi connectivity index (χ0) is 13.2. The van der Waals surface area contributed by atoms with E-state index in [0.29, 0.717) is 6.54 Å². The first-order valence-electron chi connectivity index (χ1n) is 6.18. The van der Waals surface area contributed by atoms with Gasteiger partial charge in [0.05, 0.1) is 5.69 Å². The number of hydrogen-bond donors (Lipinski definition) is 2. The third-order valence-electron chi connectivity index (χ3n) is 3.91. The molecule has 1 aliphatic rings. The molecule has 0 saturated heterocycles. The van der Waals surface area contributed by atoms with Gasteiger partial charge in [0.15, 0.2) is 0 Å². The van der Waals surface area contributed by atoms with Gasteiger partial charge in [-0.2, -0.15) is 0 Å². The third-order valence-corrected chi connectivity index (χ3v) is 5.35. The fourth-order valence-electron chi connectivity index (χ4n) is 2.27. The summed E-state index contributed by atoms with van der Waals surface area (Å²) >= 11 is 0. The molecule has 0 spiro atoms. The van der Waals surface area contributed by atoms with Crippen LogP contribution in [0.2, 0.25) is 0 Å². The van der Waals surface area contributed by atoms with Crippen molar-refractivity contribution in [2.75, 3.05) is 12.3 Å². The zero-order valence-electron chi connectivity index (χ0n) is 10.5. The first-order valence-corrected chi connectivity index (χ1v) is 7.67. The second kappa shape index (κ2) is 4.85. The normalized spacial score (nSPS) is 18.3. The molecule has 100 valence electrons. The Morgan fingerprint density at radius 3 is 2.72 bits per heavy atom. The molecule has 1 aromatic heterocycles. The van der Waals surface area contributed by atoms with E-state index in [2.05, 4.69) is 16.6 Å². The lowest BCUT2D eigenvalue weighted by molar-refractivity contribution is 0.133. The van der Waals surface area contributed by atoms with Crippen molar-refractivity contribution in [3.05, 3.63) is 18.5 Å². The quantitative estimate of drug-likeness (QED) is 0.848. The first-order chi connectivity index (χ1) is 8.49.